The van der Waals surface area contributed by atoms with E-state index in [1.807, 2.05) is 10.9 Å². The quantitative estimate of drug-likeness (QED) is 0.875. The van der Waals surface area contributed by atoms with Crippen LogP contribution in [0, 0.1) is 0 Å². The average molecular weight is 229 g/mol. The van der Waals surface area contributed by atoms with Crippen molar-refractivity contribution < 1.29 is 0 Å². The third-order valence-corrected chi connectivity index (χ3v) is 3.11. The Morgan fingerprint density at radius 1 is 1.12 bits per heavy atom. The van der Waals surface area contributed by atoms with E-state index in [2.05, 4.69) is 43.2 Å². The molecule has 3 heteroatoms. The molecule has 0 bridgehead atoms. The van der Waals surface area contributed by atoms with E-state index in [1.54, 1.807) is 0 Å². The van der Waals surface area contributed by atoms with Gasteiger partial charge in [0.2, 0.25) is 0 Å². The lowest BCUT2D eigenvalue weighted by atomic mass is 10.1. The van der Waals surface area contributed by atoms with Crippen LogP contribution in [0.25, 0.3) is 5.69 Å². The molecule has 17 heavy (non-hydrogen) atoms. The predicted octanol–water partition coefficient (Wildman–Crippen LogP) is 2.46. The molecule has 1 aromatic heterocycles. The predicted molar refractivity (Wildman–Crippen MR) is 70.2 cm³/mol. The second kappa shape index (κ2) is 5.15. The molecule has 2 aromatic rings. The highest BCUT2D eigenvalue weighted by molar-refractivity contribution is 5.42. The minimum Gasteiger partial charge on any atom is -0.326 e. The average Bonchev–Trinajstić information content (AvgIpc) is 2.81. The number of hydrogen-bond donors (Lipinski definition) is 1. The van der Waals surface area contributed by atoms with Crippen molar-refractivity contribution >= 4 is 0 Å². The van der Waals surface area contributed by atoms with E-state index in [0.29, 0.717) is 6.54 Å². The van der Waals surface area contributed by atoms with Gasteiger partial charge in [0.15, 0.2) is 0 Å². The fourth-order valence-corrected chi connectivity index (χ4v) is 2.18. The molecule has 0 aliphatic heterocycles. The second-order valence-electron chi connectivity index (χ2n) is 4.07. The molecule has 1 aromatic carbocycles. The molecule has 0 spiro atoms. The van der Waals surface area contributed by atoms with Crippen LogP contribution in [0.1, 0.15) is 30.7 Å². The van der Waals surface area contributed by atoms with Crippen LogP contribution in [0.3, 0.4) is 0 Å². The third kappa shape index (κ3) is 2.11. The van der Waals surface area contributed by atoms with Crippen LogP contribution in [-0.2, 0) is 19.4 Å². The smallest absolute Gasteiger partial charge is 0.0680 e. The first-order chi connectivity index (χ1) is 8.31. The van der Waals surface area contributed by atoms with Crippen molar-refractivity contribution in [1.82, 2.24) is 9.78 Å². The molecular weight excluding hydrogens is 210 g/mol. The van der Waals surface area contributed by atoms with Crippen LogP contribution < -0.4 is 5.73 Å². The van der Waals surface area contributed by atoms with Gasteiger partial charge in [-0.25, -0.2) is 4.68 Å². The Labute approximate surface area is 102 Å². The molecule has 0 amide bonds. The topological polar surface area (TPSA) is 43.8 Å². The van der Waals surface area contributed by atoms with Gasteiger partial charge in [-0.05, 0) is 24.5 Å². The van der Waals surface area contributed by atoms with Crippen LogP contribution >= 0.6 is 0 Å². The molecule has 0 saturated carbocycles. The Kier molecular flexibility index (Phi) is 3.59. The maximum absolute atomic E-state index is 5.73. The van der Waals surface area contributed by atoms with Crippen LogP contribution in [0.15, 0.2) is 30.5 Å². The lowest BCUT2D eigenvalue weighted by Crippen LogP contribution is -2.07. The number of hydrogen-bond acceptors (Lipinski definition) is 2. The van der Waals surface area contributed by atoms with Gasteiger partial charge in [0.25, 0.3) is 0 Å². The molecule has 2 N–H and O–H groups in total. The Bertz CT molecular complexity index is 500. The van der Waals surface area contributed by atoms with Gasteiger partial charge in [0, 0.05) is 17.8 Å². The van der Waals surface area contributed by atoms with Crippen LogP contribution in [0.4, 0.5) is 0 Å². The number of nitrogens with two attached hydrogens (primary N) is 1. The van der Waals surface area contributed by atoms with Gasteiger partial charge >= 0.3 is 0 Å². The molecule has 0 fully saturated rings. The van der Waals surface area contributed by atoms with Gasteiger partial charge in [-0.1, -0.05) is 32.0 Å². The summed E-state index contributed by atoms with van der Waals surface area (Å²) in [4.78, 5) is 0. The summed E-state index contributed by atoms with van der Waals surface area (Å²) in [6, 6.07) is 8.39. The lowest BCUT2D eigenvalue weighted by molar-refractivity contribution is 0.797. The summed E-state index contributed by atoms with van der Waals surface area (Å²) in [7, 11) is 0. The molecule has 0 saturated heterocycles. The number of rotatable bonds is 4. The molecule has 0 radical (unpaired) electrons. The Morgan fingerprint density at radius 2 is 1.88 bits per heavy atom. The van der Waals surface area contributed by atoms with Crippen molar-refractivity contribution in [3.05, 3.63) is 47.3 Å². The zero-order valence-corrected chi connectivity index (χ0v) is 10.5. The molecule has 1 heterocycles. The summed E-state index contributed by atoms with van der Waals surface area (Å²) in [6.45, 7) is 4.86. The highest BCUT2D eigenvalue weighted by Gasteiger charge is 2.11. The molecule has 0 aliphatic rings. The van der Waals surface area contributed by atoms with Crippen LogP contribution in [0.2, 0.25) is 0 Å². The maximum atomic E-state index is 5.73. The number of para-hydroxylation sites is 1. The first kappa shape index (κ1) is 11.9. The fraction of sp³-hybridized carbons (Fsp3) is 0.357. The fourth-order valence-electron chi connectivity index (χ4n) is 2.18. The first-order valence-corrected chi connectivity index (χ1v) is 6.15. The van der Waals surface area contributed by atoms with Crippen molar-refractivity contribution in [3.8, 4) is 5.69 Å². The zero-order valence-electron chi connectivity index (χ0n) is 10.5. The Balaban J connectivity index is 2.56. The van der Waals surface area contributed by atoms with E-state index < -0.39 is 0 Å². The van der Waals surface area contributed by atoms with Crippen molar-refractivity contribution in [1.29, 1.82) is 0 Å². The van der Waals surface area contributed by atoms with E-state index in [-0.39, 0.29) is 0 Å². The number of aryl methyl sites for hydroxylation is 1. The normalized spacial score (nSPS) is 10.8. The summed E-state index contributed by atoms with van der Waals surface area (Å²) in [5, 5.41) is 4.47. The van der Waals surface area contributed by atoms with Gasteiger partial charge in [0.1, 0.15) is 0 Å². The van der Waals surface area contributed by atoms with Gasteiger partial charge in [-0.2, -0.15) is 5.10 Å². The molecule has 0 aliphatic carbocycles. The van der Waals surface area contributed by atoms with E-state index in [0.717, 1.165) is 18.4 Å². The summed E-state index contributed by atoms with van der Waals surface area (Å²) >= 11 is 0. The molecule has 3 nitrogen and oxygen atoms in total. The summed E-state index contributed by atoms with van der Waals surface area (Å²) in [6.07, 6.45) is 3.84. The minimum absolute atomic E-state index is 0.553. The van der Waals surface area contributed by atoms with Gasteiger partial charge in [-0.15, -0.1) is 0 Å². The maximum Gasteiger partial charge on any atom is 0.0680 e. The van der Waals surface area contributed by atoms with Crippen molar-refractivity contribution in [2.75, 3.05) is 0 Å². The second-order valence-corrected chi connectivity index (χ2v) is 4.07. The molecular formula is C14H19N3. The van der Waals surface area contributed by atoms with E-state index >= 15 is 0 Å². The number of benzene rings is 1. The third-order valence-electron chi connectivity index (χ3n) is 3.11. The minimum atomic E-state index is 0.553. The van der Waals surface area contributed by atoms with Crippen molar-refractivity contribution in [2.24, 2.45) is 5.73 Å². The monoisotopic (exact) mass is 229 g/mol. The zero-order chi connectivity index (χ0) is 12.3. The van der Waals surface area contributed by atoms with Crippen LogP contribution in [-0.4, -0.2) is 9.78 Å². The van der Waals surface area contributed by atoms with Gasteiger partial charge < -0.3 is 5.73 Å². The van der Waals surface area contributed by atoms with Crippen LogP contribution in [0.5, 0.6) is 0 Å². The number of nitrogens with zero attached hydrogens (tertiary/aromatic N) is 2. The Morgan fingerprint density at radius 3 is 2.53 bits per heavy atom. The van der Waals surface area contributed by atoms with Crippen molar-refractivity contribution in [3.63, 3.8) is 0 Å². The first-order valence-electron chi connectivity index (χ1n) is 6.15. The van der Waals surface area contributed by atoms with Gasteiger partial charge in [-0.3, -0.25) is 0 Å². The molecule has 90 valence electrons. The van der Waals surface area contributed by atoms with E-state index in [9.17, 15) is 0 Å². The Hall–Kier alpha value is -1.61. The molecule has 0 atom stereocenters. The SMILES string of the molecule is CCc1ccccc1-n1ncc(CN)c1CC. The number of aromatic nitrogens is 2. The van der Waals surface area contributed by atoms with E-state index in [1.165, 1.54) is 16.9 Å². The summed E-state index contributed by atoms with van der Waals surface area (Å²) in [5.41, 5.74) is 10.6. The van der Waals surface area contributed by atoms with E-state index in [4.69, 9.17) is 5.73 Å². The molecule has 2 rings (SSSR count). The highest BCUT2D eigenvalue weighted by atomic mass is 15.3. The lowest BCUT2D eigenvalue weighted by Gasteiger charge is -2.11. The van der Waals surface area contributed by atoms with Gasteiger partial charge in [0.05, 0.1) is 11.9 Å². The molecule has 0 unspecified atom stereocenters. The standard InChI is InChI=1S/C14H19N3/c1-3-11-7-5-6-8-14(11)17-13(4-2)12(9-15)10-16-17/h5-8,10H,3-4,9,15H2,1-2H3. The summed E-state index contributed by atoms with van der Waals surface area (Å²) in [5.74, 6) is 0. The highest BCUT2D eigenvalue weighted by Crippen LogP contribution is 2.19. The summed E-state index contributed by atoms with van der Waals surface area (Å²) < 4.78 is 2.03. The largest absolute Gasteiger partial charge is 0.326 e. The van der Waals surface area contributed by atoms with Crippen molar-refractivity contribution in [2.45, 2.75) is 33.2 Å².